The molecule has 0 saturated heterocycles. The Hall–Kier alpha value is -1.91. The van der Waals surface area contributed by atoms with E-state index >= 15 is 0 Å². The number of carbonyl (C=O) groups is 1. The number of hydrogen-bond donors (Lipinski definition) is 0. The molecular weight excluding hydrogens is 288 g/mol. The number of hydrogen-bond acceptors (Lipinski definition) is 4. The van der Waals surface area contributed by atoms with Gasteiger partial charge in [-0.25, -0.2) is 4.79 Å². The van der Waals surface area contributed by atoms with Gasteiger partial charge in [0.2, 0.25) is 0 Å². The van der Waals surface area contributed by atoms with Crippen LogP contribution in [-0.4, -0.2) is 13.1 Å². The molecule has 0 aliphatic rings. The minimum atomic E-state index is -0.299. The molecule has 0 N–H and O–H groups in total. The average Bonchev–Trinajstić information content (AvgIpc) is 3.18. The lowest BCUT2D eigenvalue weighted by molar-refractivity contribution is 0.0601. The van der Waals surface area contributed by atoms with Gasteiger partial charge in [0.15, 0.2) is 0 Å². The molecule has 2 aromatic heterocycles. The lowest BCUT2D eigenvalue weighted by Crippen LogP contribution is -2.03. The molecule has 3 rings (SSSR count). The van der Waals surface area contributed by atoms with Crippen LogP contribution in [-0.2, 0) is 4.74 Å². The van der Waals surface area contributed by atoms with Crippen LogP contribution in [0, 0.1) is 0 Å². The van der Waals surface area contributed by atoms with Crippen LogP contribution in [0.3, 0.4) is 0 Å². The fourth-order valence-corrected chi connectivity index (χ4v) is 3.56. The molecule has 0 radical (unpaired) electrons. The van der Waals surface area contributed by atoms with E-state index in [4.69, 9.17) is 4.74 Å². The standard InChI is InChI=1S/C16H12O2S2/c1-18-16(17)13-10-11(14-4-2-8-19-14)6-7-12(13)15-5-3-9-20-15/h2-10H,1H3. The van der Waals surface area contributed by atoms with Gasteiger partial charge in [-0.3, -0.25) is 0 Å². The van der Waals surface area contributed by atoms with E-state index in [1.54, 1.807) is 22.7 Å². The van der Waals surface area contributed by atoms with Gasteiger partial charge in [0.25, 0.3) is 0 Å². The van der Waals surface area contributed by atoms with Crippen molar-refractivity contribution in [2.45, 2.75) is 0 Å². The summed E-state index contributed by atoms with van der Waals surface area (Å²) in [6.45, 7) is 0. The highest BCUT2D eigenvalue weighted by Gasteiger charge is 2.15. The molecule has 0 fully saturated rings. The molecular formula is C16H12O2S2. The minimum Gasteiger partial charge on any atom is -0.465 e. The van der Waals surface area contributed by atoms with Gasteiger partial charge < -0.3 is 4.74 Å². The van der Waals surface area contributed by atoms with Crippen molar-refractivity contribution in [1.82, 2.24) is 0 Å². The number of benzene rings is 1. The van der Waals surface area contributed by atoms with E-state index in [1.807, 2.05) is 53.2 Å². The lowest BCUT2D eigenvalue weighted by Gasteiger charge is -2.08. The SMILES string of the molecule is COC(=O)c1cc(-c2cccs2)ccc1-c1cccs1. The summed E-state index contributed by atoms with van der Waals surface area (Å²) < 4.78 is 4.92. The maximum absolute atomic E-state index is 12.0. The second kappa shape index (κ2) is 5.61. The van der Waals surface area contributed by atoms with Gasteiger partial charge in [-0.1, -0.05) is 24.3 Å². The molecule has 2 heterocycles. The van der Waals surface area contributed by atoms with Gasteiger partial charge in [0, 0.05) is 15.3 Å². The van der Waals surface area contributed by atoms with Crippen molar-refractivity contribution in [2.75, 3.05) is 7.11 Å². The molecule has 3 aromatic rings. The molecule has 0 amide bonds. The second-order valence-electron chi connectivity index (χ2n) is 4.21. The van der Waals surface area contributed by atoms with Crippen LogP contribution < -0.4 is 0 Å². The third-order valence-corrected chi connectivity index (χ3v) is 4.84. The minimum absolute atomic E-state index is 0.299. The zero-order chi connectivity index (χ0) is 13.9. The molecule has 0 aliphatic heterocycles. The van der Waals surface area contributed by atoms with E-state index in [1.165, 1.54) is 7.11 Å². The molecule has 1 aromatic carbocycles. The Kier molecular flexibility index (Phi) is 3.67. The van der Waals surface area contributed by atoms with E-state index in [0.717, 1.165) is 20.9 Å². The summed E-state index contributed by atoms with van der Waals surface area (Å²) in [5.74, 6) is -0.299. The smallest absolute Gasteiger partial charge is 0.338 e. The van der Waals surface area contributed by atoms with Gasteiger partial charge in [-0.05, 0) is 34.5 Å². The first-order valence-electron chi connectivity index (χ1n) is 6.09. The molecule has 0 unspecified atom stereocenters. The van der Waals surface area contributed by atoms with Gasteiger partial charge in [0.1, 0.15) is 0 Å². The lowest BCUT2D eigenvalue weighted by atomic mass is 10.0. The van der Waals surface area contributed by atoms with E-state index in [9.17, 15) is 4.79 Å². The van der Waals surface area contributed by atoms with Crippen LogP contribution in [0.25, 0.3) is 20.9 Å². The third-order valence-electron chi connectivity index (χ3n) is 3.02. The molecule has 0 atom stereocenters. The van der Waals surface area contributed by atoms with E-state index in [-0.39, 0.29) is 5.97 Å². The predicted molar refractivity (Wildman–Crippen MR) is 84.4 cm³/mol. The first kappa shape index (κ1) is 13.1. The zero-order valence-electron chi connectivity index (χ0n) is 10.8. The maximum Gasteiger partial charge on any atom is 0.338 e. The number of methoxy groups -OCH3 is 1. The van der Waals surface area contributed by atoms with Crippen LogP contribution in [0.15, 0.2) is 53.2 Å². The van der Waals surface area contributed by atoms with Gasteiger partial charge in [-0.15, -0.1) is 22.7 Å². The van der Waals surface area contributed by atoms with Crippen molar-refractivity contribution in [2.24, 2.45) is 0 Å². The molecule has 100 valence electrons. The fraction of sp³-hybridized carbons (Fsp3) is 0.0625. The fourth-order valence-electron chi connectivity index (χ4n) is 2.07. The van der Waals surface area contributed by atoms with Gasteiger partial charge >= 0.3 is 5.97 Å². The Morgan fingerprint density at radius 1 is 1.00 bits per heavy atom. The highest BCUT2D eigenvalue weighted by atomic mass is 32.1. The van der Waals surface area contributed by atoms with Crippen molar-refractivity contribution in [3.05, 3.63) is 58.8 Å². The summed E-state index contributed by atoms with van der Waals surface area (Å²) in [5, 5.41) is 4.03. The van der Waals surface area contributed by atoms with E-state index in [0.29, 0.717) is 5.56 Å². The molecule has 2 nitrogen and oxygen atoms in total. The number of carbonyl (C=O) groups excluding carboxylic acids is 1. The highest BCUT2D eigenvalue weighted by molar-refractivity contribution is 7.13. The summed E-state index contributed by atoms with van der Waals surface area (Å²) in [5.41, 5.74) is 2.58. The Labute approximate surface area is 125 Å². The summed E-state index contributed by atoms with van der Waals surface area (Å²) in [4.78, 5) is 14.3. The largest absolute Gasteiger partial charge is 0.465 e. The summed E-state index contributed by atoms with van der Waals surface area (Å²) in [6, 6.07) is 14.0. The summed E-state index contributed by atoms with van der Waals surface area (Å²) >= 11 is 3.27. The van der Waals surface area contributed by atoms with Crippen molar-refractivity contribution < 1.29 is 9.53 Å². The van der Waals surface area contributed by atoms with Crippen LogP contribution in [0.4, 0.5) is 0 Å². The van der Waals surface area contributed by atoms with Crippen LogP contribution in [0.2, 0.25) is 0 Å². The Balaban J connectivity index is 2.14. The van der Waals surface area contributed by atoms with Crippen LogP contribution in [0.5, 0.6) is 0 Å². The molecule has 4 heteroatoms. The number of thiophene rings is 2. The van der Waals surface area contributed by atoms with Crippen LogP contribution in [0.1, 0.15) is 10.4 Å². The summed E-state index contributed by atoms with van der Waals surface area (Å²) in [6.07, 6.45) is 0. The zero-order valence-corrected chi connectivity index (χ0v) is 12.5. The van der Waals surface area contributed by atoms with Gasteiger partial charge in [0.05, 0.1) is 12.7 Å². The molecule has 0 spiro atoms. The average molecular weight is 300 g/mol. The number of ether oxygens (including phenoxy) is 1. The van der Waals surface area contributed by atoms with Crippen molar-refractivity contribution in [3.63, 3.8) is 0 Å². The molecule has 0 saturated carbocycles. The predicted octanol–water partition coefficient (Wildman–Crippen LogP) is 4.93. The second-order valence-corrected chi connectivity index (χ2v) is 6.10. The maximum atomic E-state index is 12.0. The van der Waals surface area contributed by atoms with Crippen molar-refractivity contribution >= 4 is 28.6 Å². The van der Waals surface area contributed by atoms with Gasteiger partial charge in [-0.2, -0.15) is 0 Å². The first-order chi connectivity index (χ1) is 9.79. The Morgan fingerprint density at radius 3 is 2.30 bits per heavy atom. The van der Waals surface area contributed by atoms with E-state index in [2.05, 4.69) is 0 Å². The number of rotatable bonds is 3. The quantitative estimate of drug-likeness (QED) is 0.641. The molecule has 0 aliphatic carbocycles. The molecule has 0 bridgehead atoms. The first-order valence-corrected chi connectivity index (χ1v) is 7.85. The van der Waals surface area contributed by atoms with E-state index < -0.39 is 0 Å². The summed E-state index contributed by atoms with van der Waals surface area (Å²) in [7, 11) is 1.42. The normalized spacial score (nSPS) is 10.4. The topological polar surface area (TPSA) is 26.3 Å². The van der Waals surface area contributed by atoms with Crippen molar-refractivity contribution in [1.29, 1.82) is 0 Å². The Bertz CT molecular complexity index is 713. The van der Waals surface area contributed by atoms with Crippen LogP contribution >= 0.6 is 22.7 Å². The monoisotopic (exact) mass is 300 g/mol. The van der Waals surface area contributed by atoms with Crippen molar-refractivity contribution in [3.8, 4) is 20.9 Å². The number of esters is 1. The Morgan fingerprint density at radius 2 is 1.70 bits per heavy atom. The highest BCUT2D eigenvalue weighted by Crippen LogP contribution is 2.33. The molecule has 20 heavy (non-hydrogen) atoms. The third kappa shape index (κ3) is 2.40.